The third kappa shape index (κ3) is 1.15. The normalized spacial score (nSPS) is 21.0. The van der Waals surface area contributed by atoms with Crippen molar-refractivity contribution < 1.29 is 5.11 Å². The minimum absolute atomic E-state index is 0.0770. The Morgan fingerprint density at radius 1 is 1.55 bits per heavy atom. The fourth-order valence-electron chi connectivity index (χ4n) is 1.05. The van der Waals surface area contributed by atoms with E-state index in [4.69, 9.17) is 10.8 Å². The van der Waals surface area contributed by atoms with Crippen molar-refractivity contribution in [1.29, 1.82) is 0 Å². The Morgan fingerprint density at radius 3 is 3.18 bits per heavy atom. The predicted octanol–water partition coefficient (Wildman–Crippen LogP) is 1.15. The number of nitrogens with two attached hydrogens (primary N) is 1. The van der Waals surface area contributed by atoms with Gasteiger partial charge in [-0.15, -0.1) is 0 Å². The Morgan fingerprint density at radius 2 is 2.36 bits per heavy atom. The van der Waals surface area contributed by atoms with E-state index >= 15 is 0 Å². The molecular weight excluding hydrogens is 160 g/mol. The molecule has 0 saturated heterocycles. The molecule has 1 aliphatic heterocycles. The Balaban J connectivity index is 2.43. The highest BCUT2D eigenvalue weighted by molar-refractivity contribution is 8.00. The SMILES string of the molecule is NC1Nc2ccc(O)cc2S1. The molecule has 1 atom stereocenters. The number of rotatable bonds is 0. The van der Waals surface area contributed by atoms with Crippen LogP contribution in [0.4, 0.5) is 5.69 Å². The lowest BCUT2D eigenvalue weighted by Crippen LogP contribution is -2.20. The van der Waals surface area contributed by atoms with Crippen LogP contribution in [-0.4, -0.2) is 10.6 Å². The van der Waals surface area contributed by atoms with Gasteiger partial charge in [0, 0.05) is 4.90 Å². The van der Waals surface area contributed by atoms with Gasteiger partial charge >= 0.3 is 0 Å². The quantitative estimate of drug-likeness (QED) is 0.509. The average Bonchev–Trinajstić information content (AvgIpc) is 2.27. The van der Waals surface area contributed by atoms with Crippen molar-refractivity contribution in [1.82, 2.24) is 0 Å². The van der Waals surface area contributed by atoms with Crippen LogP contribution in [0.3, 0.4) is 0 Å². The van der Waals surface area contributed by atoms with Crippen molar-refractivity contribution >= 4 is 17.4 Å². The number of hydrogen-bond donors (Lipinski definition) is 3. The number of aromatic hydroxyl groups is 1. The fraction of sp³-hybridized carbons (Fsp3) is 0.143. The molecule has 0 fully saturated rings. The number of phenols is 1. The standard InChI is InChI=1S/C7H8N2OS/c8-7-9-5-2-1-4(10)3-6(5)11-7/h1-3,7,9-10H,8H2. The average molecular weight is 168 g/mol. The lowest BCUT2D eigenvalue weighted by atomic mass is 10.3. The minimum Gasteiger partial charge on any atom is -0.508 e. The highest BCUT2D eigenvalue weighted by Crippen LogP contribution is 2.37. The Hall–Kier alpha value is -0.870. The van der Waals surface area contributed by atoms with E-state index in [2.05, 4.69) is 5.32 Å². The van der Waals surface area contributed by atoms with Crippen molar-refractivity contribution in [2.45, 2.75) is 10.4 Å². The van der Waals surface area contributed by atoms with Crippen molar-refractivity contribution in [3.8, 4) is 5.75 Å². The van der Waals surface area contributed by atoms with E-state index in [0.717, 1.165) is 10.6 Å². The summed E-state index contributed by atoms with van der Waals surface area (Å²) in [6.07, 6.45) is 0. The summed E-state index contributed by atoms with van der Waals surface area (Å²) in [5.41, 5.74) is 6.53. The molecule has 11 heavy (non-hydrogen) atoms. The number of thioether (sulfide) groups is 1. The first kappa shape index (κ1) is 6.82. The highest BCUT2D eigenvalue weighted by Gasteiger charge is 2.17. The lowest BCUT2D eigenvalue weighted by Gasteiger charge is -1.99. The van der Waals surface area contributed by atoms with Gasteiger partial charge in [0.25, 0.3) is 0 Å². The topological polar surface area (TPSA) is 58.3 Å². The predicted molar refractivity (Wildman–Crippen MR) is 45.6 cm³/mol. The van der Waals surface area contributed by atoms with Gasteiger partial charge in [0.05, 0.1) is 5.69 Å². The van der Waals surface area contributed by atoms with Gasteiger partial charge in [-0.25, -0.2) is 0 Å². The molecule has 2 rings (SSSR count). The molecule has 1 aliphatic rings. The summed E-state index contributed by atoms with van der Waals surface area (Å²) in [6, 6.07) is 5.18. The Bertz CT molecular complexity index is 290. The van der Waals surface area contributed by atoms with E-state index < -0.39 is 0 Å². The van der Waals surface area contributed by atoms with Gasteiger partial charge in [-0.1, -0.05) is 11.8 Å². The second kappa shape index (κ2) is 2.32. The molecule has 1 aromatic rings. The Labute approximate surface area is 68.6 Å². The second-order valence-electron chi connectivity index (χ2n) is 2.36. The summed E-state index contributed by atoms with van der Waals surface area (Å²) in [5, 5.41) is 12.2. The second-order valence-corrected chi connectivity index (χ2v) is 3.55. The molecule has 0 aromatic heterocycles. The number of fused-ring (bicyclic) bond motifs is 1. The van der Waals surface area contributed by atoms with Gasteiger partial charge in [0.2, 0.25) is 0 Å². The zero-order valence-electron chi connectivity index (χ0n) is 5.74. The highest BCUT2D eigenvalue weighted by atomic mass is 32.2. The van der Waals surface area contributed by atoms with Crippen LogP contribution in [0.25, 0.3) is 0 Å². The first-order valence-electron chi connectivity index (χ1n) is 3.27. The van der Waals surface area contributed by atoms with Gasteiger partial charge in [-0.2, -0.15) is 0 Å². The summed E-state index contributed by atoms with van der Waals surface area (Å²) < 4.78 is 0. The molecule has 0 bridgehead atoms. The monoisotopic (exact) mass is 168 g/mol. The summed E-state index contributed by atoms with van der Waals surface area (Å²) in [6.45, 7) is 0. The van der Waals surface area contributed by atoms with E-state index in [1.165, 1.54) is 11.8 Å². The molecule has 4 N–H and O–H groups in total. The van der Waals surface area contributed by atoms with Gasteiger partial charge in [0.1, 0.15) is 11.2 Å². The van der Waals surface area contributed by atoms with E-state index in [9.17, 15) is 0 Å². The molecule has 3 nitrogen and oxygen atoms in total. The molecule has 0 spiro atoms. The van der Waals surface area contributed by atoms with Crippen LogP contribution in [0.5, 0.6) is 5.75 Å². The van der Waals surface area contributed by atoms with Crippen LogP contribution in [-0.2, 0) is 0 Å². The number of hydrogen-bond acceptors (Lipinski definition) is 4. The number of anilines is 1. The maximum atomic E-state index is 9.10. The van der Waals surface area contributed by atoms with Crippen molar-refractivity contribution in [3.05, 3.63) is 18.2 Å². The molecule has 1 unspecified atom stereocenters. The van der Waals surface area contributed by atoms with Gasteiger partial charge in [0.15, 0.2) is 0 Å². The Kier molecular flexibility index (Phi) is 1.44. The molecule has 0 aliphatic carbocycles. The van der Waals surface area contributed by atoms with Crippen molar-refractivity contribution in [2.24, 2.45) is 5.73 Å². The first-order valence-corrected chi connectivity index (χ1v) is 4.15. The van der Waals surface area contributed by atoms with Crippen molar-refractivity contribution in [3.63, 3.8) is 0 Å². The van der Waals surface area contributed by atoms with Crippen LogP contribution in [0.15, 0.2) is 23.1 Å². The van der Waals surface area contributed by atoms with E-state index in [1.54, 1.807) is 12.1 Å². The van der Waals surface area contributed by atoms with Crippen LogP contribution >= 0.6 is 11.8 Å². The van der Waals surface area contributed by atoms with E-state index in [-0.39, 0.29) is 11.2 Å². The molecule has 58 valence electrons. The van der Waals surface area contributed by atoms with Crippen LogP contribution < -0.4 is 11.1 Å². The maximum absolute atomic E-state index is 9.10. The van der Waals surface area contributed by atoms with Crippen LogP contribution in [0.1, 0.15) is 0 Å². The number of phenolic OH excluding ortho intramolecular Hbond substituents is 1. The molecule has 4 heteroatoms. The maximum Gasteiger partial charge on any atom is 0.127 e. The van der Waals surface area contributed by atoms with E-state index in [0.29, 0.717) is 0 Å². The molecule has 0 saturated carbocycles. The van der Waals surface area contributed by atoms with Gasteiger partial charge in [-0.3, -0.25) is 0 Å². The zero-order valence-corrected chi connectivity index (χ0v) is 6.56. The summed E-state index contributed by atoms with van der Waals surface area (Å²) >= 11 is 1.51. The zero-order chi connectivity index (χ0) is 7.84. The molecule has 0 amide bonds. The molecule has 1 aromatic carbocycles. The van der Waals surface area contributed by atoms with Crippen molar-refractivity contribution in [2.75, 3.05) is 5.32 Å². The summed E-state index contributed by atoms with van der Waals surface area (Å²) in [4.78, 5) is 1.01. The number of nitrogens with one attached hydrogen (secondary N) is 1. The number of benzene rings is 1. The fourth-order valence-corrected chi connectivity index (χ4v) is 1.95. The lowest BCUT2D eigenvalue weighted by molar-refractivity contribution is 0.474. The minimum atomic E-state index is -0.0770. The van der Waals surface area contributed by atoms with Crippen LogP contribution in [0.2, 0.25) is 0 Å². The summed E-state index contributed by atoms with van der Waals surface area (Å²) in [5.74, 6) is 0.284. The largest absolute Gasteiger partial charge is 0.508 e. The van der Waals surface area contributed by atoms with Gasteiger partial charge in [-0.05, 0) is 18.2 Å². The van der Waals surface area contributed by atoms with Crippen LogP contribution in [0, 0.1) is 0 Å². The smallest absolute Gasteiger partial charge is 0.127 e. The molecule has 0 radical (unpaired) electrons. The third-order valence-corrected chi connectivity index (χ3v) is 2.48. The summed E-state index contributed by atoms with van der Waals surface area (Å²) in [7, 11) is 0. The first-order chi connectivity index (χ1) is 5.25. The molecular formula is C7H8N2OS. The molecule has 1 heterocycles. The van der Waals surface area contributed by atoms with E-state index in [1.807, 2.05) is 6.07 Å². The van der Waals surface area contributed by atoms with Gasteiger partial charge < -0.3 is 16.2 Å². The third-order valence-electron chi connectivity index (χ3n) is 1.52.